The fourth-order valence-corrected chi connectivity index (χ4v) is 1.56. The summed E-state index contributed by atoms with van der Waals surface area (Å²) in [5, 5.41) is 22.8. The Bertz CT molecular complexity index is 410. The highest BCUT2D eigenvalue weighted by Gasteiger charge is 2.12. The van der Waals surface area contributed by atoms with Crippen LogP contribution in [0.1, 0.15) is 19.4 Å². The number of oxime groups is 1. The van der Waals surface area contributed by atoms with E-state index in [0.29, 0.717) is 24.5 Å². The summed E-state index contributed by atoms with van der Waals surface area (Å²) in [6, 6.07) is 5.94. The Balaban J connectivity index is 3.02. The Kier molecular flexibility index (Phi) is 4.45. The SMILES string of the molecule is CCN(CC)C(=NO)c1ccc([N+](=O)[O-])cc1. The second kappa shape index (κ2) is 5.83. The molecule has 0 fully saturated rings. The van der Waals surface area contributed by atoms with Gasteiger partial charge in [0.1, 0.15) is 0 Å². The zero-order valence-electron chi connectivity index (χ0n) is 9.83. The fraction of sp³-hybridized carbons (Fsp3) is 0.364. The summed E-state index contributed by atoms with van der Waals surface area (Å²) < 4.78 is 0. The van der Waals surface area contributed by atoms with Crippen molar-refractivity contribution in [3.8, 4) is 0 Å². The van der Waals surface area contributed by atoms with Gasteiger partial charge in [0.15, 0.2) is 5.84 Å². The predicted molar refractivity (Wildman–Crippen MR) is 64.3 cm³/mol. The Morgan fingerprint density at radius 3 is 2.24 bits per heavy atom. The van der Waals surface area contributed by atoms with Crippen LogP contribution in [0.25, 0.3) is 0 Å². The molecule has 0 radical (unpaired) electrons. The molecule has 0 bridgehead atoms. The molecule has 0 aliphatic heterocycles. The highest BCUT2D eigenvalue weighted by molar-refractivity contribution is 5.98. The molecule has 0 aliphatic rings. The molecule has 1 aromatic carbocycles. The minimum atomic E-state index is -0.461. The van der Waals surface area contributed by atoms with Crippen molar-refractivity contribution >= 4 is 11.5 Å². The third-order valence-electron chi connectivity index (χ3n) is 2.49. The van der Waals surface area contributed by atoms with Gasteiger partial charge in [-0.25, -0.2) is 0 Å². The molecule has 1 rings (SSSR count). The van der Waals surface area contributed by atoms with E-state index in [-0.39, 0.29) is 5.69 Å². The van der Waals surface area contributed by atoms with Crippen molar-refractivity contribution in [2.75, 3.05) is 13.1 Å². The van der Waals surface area contributed by atoms with Gasteiger partial charge >= 0.3 is 0 Å². The molecule has 0 saturated carbocycles. The maximum absolute atomic E-state index is 10.5. The lowest BCUT2D eigenvalue weighted by molar-refractivity contribution is -0.384. The van der Waals surface area contributed by atoms with Crippen LogP contribution < -0.4 is 0 Å². The summed E-state index contributed by atoms with van der Waals surface area (Å²) >= 11 is 0. The Labute approximate surface area is 99.3 Å². The minimum absolute atomic E-state index is 0.0191. The summed E-state index contributed by atoms with van der Waals surface area (Å²) in [5.74, 6) is 0.421. The monoisotopic (exact) mass is 237 g/mol. The van der Waals surface area contributed by atoms with E-state index in [2.05, 4.69) is 5.16 Å². The average molecular weight is 237 g/mol. The van der Waals surface area contributed by atoms with Crippen molar-refractivity contribution in [1.29, 1.82) is 0 Å². The normalized spacial score (nSPS) is 11.3. The molecule has 0 atom stereocenters. The molecule has 0 aliphatic carbocycles. The lowest BCUT2D eigenvalue weighted by Gasteiger charge is -2.21. The summed E-state index contributed by atoms with van der Waals surface area (Å²) in [6.07, 6.45) is 0. The van der Waals surface area contributed by atoms with E-state index in [0.717, 1.165) is 0 Å². The van der Waals surface area contributed by atoms with Crippen LogP contribution >= 0.6 is 0 Å². The summed E-state index contributed by atoms with van der Waals surface area (Å²) in [7, 11) is 0. The van der Waals surface area contributed by atoms with E-state index in [9.17, 15) is 10.1 Å². The van der Waals surface area contributed by atoms with Crippen molar-refractivity contribution < 1.29 is 10.1 Å². The molecular weight excluding hydrogens is 222 g/mol. The molecule has 17 heavy (non-hydrogen) atoms. The van der Waals surface area contributed by atoms with Crippen LogP contribution in [0.5, 0.6) is 0 Å². The number of rotatable bonds is 4. The smallest absolute Gasteiger partial charge is 0.269 e. The van der Waals surface area contributed by atoms with Gasteiger partial charge < -0.3 is 10.1 Å². The van der Waals surface area contributed by atoms with Gasteiger partial charge in [-0.2, -0.15) is 0 Å². The van der Waals surface area contributed by atoms with Crippen LogP contribution in [0.2, 0.25) is 0 Å². The van der Waals surface area contributed by atoms with Crippen LogP contribution in [-0.4, -0.2) is 34.0 Å². The summed E-state index contributed by atoms with van der Waals surface area (Å²) in [6.45, 7) is 5.29. The van der Waals surface area contributed by atoms with Crippen molar-refractivity contribution in [2.24, 2.45) is 5.16 Å². The van der Waals surface area contributed by atoms with Gasteiger partial charge in [0.2, 0.25) is 0 Å². The number of nitro benzene ring substituents is 1. The maximum atomic E-state index is 10.5. The largest absolute Gasteiger partial charge is 0.409 e. The van der Waals surface area contributed by atoms with E-state index in [1.807, 2.05) is 18.7 Å². The molecule has 92 valence electrons. The van der Waals surface area contributed by atoms with Crippen molar-refractivity contribution in [1.82, 2.24) is 4.90 Å². The Morgan fingerprint density at radius 1 is 1.35 bits per heavy atom. The molecule has 0 unspecified atom stereocenters. The highest BCUT2D eigenvalue weighted by atomic mass is 16.6. The topological polar surface area (TPSA) is 79.0 Å². The van der Waals surface area contributed by atoms with Gasteiger partial charge in [0.25, 0.3) is 5.69 Å². The van der Waals surface area contributed by atoms with E-state index in [4.69, 9.17) is 5.21 Å². The van der Waals surface area contributed by atoms with Gasteiger partial charge in [-0.05, 0) is 26.0 Å². The second-order valence-corrected chi connectivity index (χ2v) is 3.40. The molecule has 6 nitrogen and oxygen atoms in total. The molecule has 0 aromatic heterocycles. The first-order chi connectivity index (χ1) is 8.13. The molecule has 0 spiro atoms. The highest BCUT2D eigenvalue weighted by Crippen LogP contribution is 2.14. The quantitative estimate of drug-likeness (QED) is 0.286. The molecule has 0 saturated heterocycles. The number of non-ortho nitro benzene ring substituents is 1. The first-order valence-electron chi connectivity index (χ1n) is 5.35. The molecule has 0 amide bonds. The van der Waals surface area contributed by atoms with Gasteiger partial charge in [-0.3, -0.25) is 10.1 Å². The van der Waals surface area contributed by atoms with Crippen molar-refractivity contribution in [2.45, 2.75) is 13.8 Å². The maximum Gasteiger partial charge on any atom is 0.269 e. The number of benzene rings is 1. The molecular formula is C11H15N3O3. The van der Waals surface area contributed by atoms with Gasteiger partial charge in [0.05, 0.1) is 4.92 Å². The third-order valence-corrected chi connectivity index (χ3v) is 2.49. The lowest BCUT2D eigenvalue weighted by atomic mass is 10.1. The number of hydrogen-bond donors (Lipinski definition) is 1. The van der Waals surface area contributed by atoms with Crippen LogP contribution in [0.3, 0.4) is 0 Å². The van der Waals surface area contributed by atoms with E-state index in [1.54, 1.807) is 12.1 Å². The van der Waals surface area contributed by atoms with Crippen LogP contribution in [0, 0.1) is 10.1 Å². The van der Waals surface area contributed by atoms with E-state index >= 15 is 0 Å². The number of hydrogen-bond acceptors (Lipinski definition) is 4. The zero-order chi connectivity index (χ0) is 12.8. The van der Waals surface area contributed by atoms with Crippen LogP contribution in [-0.2, 0) is 0 Å². The minimum Gasteiger partial charge on any atom is -0.409 e. The lowest BCUT2D eigenvalue weighted by Crippen LogP contribution is -2.31. The van der Waals surface area contributed by atoms with E-state index < -0.39 is 4.92 Å². The molecule has 1 N–H and O–H groups in total. The average Bonchev–Trinajstić information content (AvgIpc) is 2.36. The Hall–Kier alpha value is -2.11. The fourth-order valence-electron chi connectivity index (χ4n) is 1.56. The van der Waals surface area contributed by atoms with Gasteiger partial charge in [-0.1, -0.05) is 5.16 Å². The Morgan fingerprint density at radius 2 is 1.88 bits per heavy atom. The predicted octanol–water partition coefficient (Wildman–Crippen LogP) is 2.07. The van der Waals surface area contributed by atoms with Crippen molar-refractivity contribution in [3.05, 3.63) is 39.9 Å². The first kappa shape index (κ1) is 13.0. The van der Waals surface area contributed by atoms with Gasteiger partial charge in [0, 0.05) is 30.8 Å². The second-order valence-electron chi connectivity index (χ2n) is 3.40. The number of nitrogens with zero attached hydrogens (tertiary/aromatic N) is 3. The van der Waals surface area contributed by atoms with Crippen LogP contribution in [0.15, 0.2) is 29.4 Å². The van der Waals surface area contributed by atoms with Crippen LogP contribution in [0.4, 0.5) is 5.69 Å². The molecule has 0 heterocycles. The first-order valence-corrected chi connectivity index (χ1v) is 5.35. The van der Waals surface area contributed by atoms with Gasteiger partial charge in [-0.15, -0.1) is 0 Å². The number of amidine groups is 1. The molecule has 6 heteroatoms. The summed E-state index contributed by atoms with van der Waals surface area (Å²) in [4.78, 5) is 11.9. The third kappa shape index (κ3) is 2.93. The zero-order valence-corrected chi connectivity index (χ0v) is 9.83. The van der Waals surface area contributed by atoms with Crippen molar-refractivity contribution in [3.63, 3.8) is 0 Å². The number of nitro groups is 1. The van der Waals surface area contributed by atoms with E-state index in [1.165, 1.54) is 12.1 Å². The standard InChI is InChI=1S/C11H15N3O3/c1-3-13(4-2)11(12-15)9-5-7-10(8-6-9)14(16)17/h5-8,15H,3-4H2,1-2H3. The summed E-state index contributed by atoms with van der Waals surface area (Å²) in [5.41, 5.74) is 0.674. The molecule has 1 aromatic rings.